The molecule has 1 N–H and O–H groups in total. The summed E-state index contributed by atoms with van der Waals surface area (Å²) < 4.78 is 27.1. The van der Waals surface area contributed by atoms with Crippen LogP contribution in [-0.2, 0) is 4.79 Å². The van der Waals surface area contributed by atoms with Crippen LogP contribution in [0.25, 0.3) is 0 Å². The smallest absolute Gasteiger partial charge is 0.248 e. The van der Waals surface area contributed by atoms with Gasteiger partial charge in [0.25, 0.3) is 0 Å². The highest BCUT2D eigenvalue weighted by atomic mass is 35.5. The molecule has 2 unspecified atom stereocenters. The Bertz CT molecular complexity index is 755. The van der Waals surface area contributed by atoms with Crippen LogP contribution in [0.4, 0.5) is 13.9 Å². The number of hydrogen-bond acceptors (Lipinski definition) is 3. The molecule has 2 atom stereocenters. The van der Waals surface area contributed by atoms with E-state index in [0.29, 0.717) is 28.6 Å². The summed E-state index contributed by atoms with van der Waals surface area (Å²) in [5, 5.41) is 5.57. The van der Waals surface area contributed by atoms with Gasteiger partial charge in [0, 0.05) is 24.4 Å². The van der Waals surface area contributed by atoms with Crippen molar-refractivity contribution < 1.29 is 13.6 Å². The molecule has 3 rings (SSSR count). The van der Waals surface area contributed by atoms with Crippen molar-refractivity contribution in [2.45, 2.75) is 37.5 Å². The number of nitrogens with zero attached hydrogens (tertiary/aromatic N) is 1. The monoisotopic (exact) mass is 404 g/mol. The Balaban J connectivity index is 1.85. The van der Waals surface area contributed by atoms with E-state index in [1.54, 1.807) is 29.8 Å². The molecular formula is C17H16Cl2F2N2OS. The molecular weight excluding hydrogens is 389 g/mol. The number of halogens is 4. The average Bonchev–Trinajstić information content (AvgIpc) is 3.17. The van der Waals surface area contributed by atoms with Crippen LogP contribution in [0.2, 0.25) is 10.0 Å². The summed E-state index contributed by atoms with van der Waals surface area (Å²) in [6.07, 6.45) is 1.94. The van der Waals surface area contributed by atoms with E-state index in [2.05, 4.69) is 10.3 Å². The summed E-state index contributed by atoms with van der Waals surface area (Å²) in [5.74, 6) is -3.86. The van der Waals surface area contributed by atoms with Gasteiger partial charge in [-0.05, 0) is 30.4 Å². The van der Waals surface area contributed by atoms with Crippen LogP contribution in [0, 0.1) is 5.92 Å². The van der Waals surface area contributed by atoms with Gasteiger partial charge in [0.1, 0.15) is 0 Å². The zero-order valence-electron chi connectivity index (χ0n) is 13.1. The molecule has 0 spiro atoms. The Hall–Kier alpha value is -1.24. The summed E-state index contributed by atoms with van der Waals surface area (Å²) in [6, 6.07) is 5.05. The summed E-state index contributed by atoms with van der Waals surface area (Å²) >= 11 is 13.6. The minimum absolute atomic E-state index is 0.137. The molecule has 1 heterocycles. The summed E-state index contributed by atoms with van der Waals surface area (Å²) in [7, 11) is 0. The van der Waals surface area contributed by atoms with Crippen LogP contribution >= 0.6 is 34.5 Å². The number of nitrogens with one attached hydrogen (secondary N) is 1. The number of carbonyl (C=O) groups is 1. The fourth-order valence-electron chi connectivity index (χ4n) is 3.22. The lowest BCUT2D eigenvalue weighted by atomic mass is 9.87. The molecule has 1 saturated carbocycles. The van der Waals surface area contributed by atoms with Gasteiger partial charge >= 0.3 is 0 Å². The lowest BCUT2D eigenvalue weighted by Gasteiger charge is -2.21. The molecule has 3 nitrogen and oxygen atoms in total. The zero-order valence-corrected chi connectivity index (χ0v) is 15.5. The Morgan fingerprint density at radius 1 is 1.44 bits per heavy atom. The topological polar surface area (TPSA) is 42.0 Å². The predicted molar refractivity (Wildman–Crippen MR) is 96.9 cm³/mol. The van der Waals surface area contributed by atoms with Crippen LogP contribution in [-0.4, -0.2) is 16.8 Å². The van der Waals surface area contributed by atoms with Crippen LogP contribution in [0.5, 0.6) is 0 Å². The van der Waals surface area contributed by atoms with E-state index in [-0.39, 0.29) is 29.7 Å². The number of benzene rings is 1. The highest BCUT2D eigenvalue weighted by Gasteiger charge is 2.41. The van der Waals surface area contributed by atoms with Crippen molar-refractivity contribution in [2.75, 3.05) is 5.32 Å². The fraction of sp³-hybridized carbons (Fsp3) is 0.412. The molecule has 25 heavy (non-hydrogen) atoms. The molecule has 1 fully saturated rings. The molecule has 1 aromatic carbocycles. The maximum Gasteiger partial charge on any atom is 0.248 e. The van der Waals surface area contributed by atoms with Crippen LogP contribution in [0.1, 0.15) is 37.2 Å². The first-order valence-electron chi connectivity index (χ1n) is 7.88. The SMILES string of the molecule is O=C(Nc1nccs1)C(CC1CCC(F)(F)C1)c1cccc(Cl)c1Cl. The van der Waals surface area contributed by atoms with Crippen molar-refractivity contribution in [3.8, 4) is 0 Å². The average molecular weight is 405 g/mol. The Morgan fingerprint density at radius 3 is 2.88 bits per heavy atom. The van der Waals surface area contributed by atoms with Crippen molar-refractivity contribution in [2.24, 2.45) is 5.92 Å². The molecule has 1 aromatic heterocycles. The maximum atomic E-state index is 13.5. The van der Waals surface area contributed by atoms with Gasteiger partial charge in [0.2, 0.25) is 11.8 Å². The van der Waals surface area contributed by atoms with Gasteiger partial charge in [-0.2, -0.15) is 0 Å². The number of thiazole rings is 1. The van der Waals surface area contributed by atoms with Crippen LogP contribution in [0.15, 0.2) is 29.8 Å². The summed E-state index contributed by atoms with van der Waals surface area (Å²) in [6.45, 7) is 0. The number of anilines is 1. The van der Waals surface area contributed by atoms with Gasteiger partial charge in [-0.15, -0.1) is 11.3 Å². The van der Waals surface area contributed by atoms with Gasteiger partial charge in [0.05, 0.1) is 16.0 Å². The maximum absolute atomic E-state index is 13.5. The molecule has 134 valence electrons. The van der Waals surface area contributed by atoms with Gasteiger partial charge in [-0.3, -0.25) is 4.79 Å². The number of alkyl halides is 2. The van der Waals surface area contributed by atoms with Gasteiger partial charge < -0.3 is 5.32 Å². The lowest BCUT2D eigenvalue weighted by Crippen LogP contribution is -2.24. The molecule has 1 amide bonds. The molecule has 0 saturated heterocycles. The first-order chi connectivity index (χ1) is 11.9. The minimum atomic E-state index is -2.65. The standard InChI is InChI=1S/C17H16Cl2F2N2OS/c18-13-3-1-2-11(14(13)19)12(8-10-4-5-17(20,21)9-10)15(24)23-16-22-6-7-25-16/h1-3,6-7,10,12H,4-5,8-9H2,(H,22,23,24). The fourth-order valence-corrected chi connectivity index (χ4v) is 4.19. The second-order valence-electron chi connectivity index (χ2n) is 6.22. The van der Waals surface area contributed by atoms with E-state index in [0.717, 1.165) is 0 Å². The van der Waals surface area contributed by atoms with Crippen molar-refractivity contribution in [1.82, 2.24) is 4.98 Å². The predicted octanol–water partition coefficient (Wildman–Crippen LogP) is 6.00. The van der Waals surface area contributed by atoms with Gasteiger partial charge in [0.15, 0.2) is 5.13 Å². The molecule has 0 aliphatic heterocycles. The second-order valence-corrected chi connectivity index (χ2v) is 7.90. The molecule has 0 bridgehead atoms. The Labute approximate surface area is 158 Å². The van der Waals surface area contributed by atoms with Crippen LogP contribution in [0.3, 0.4) is 0 Å². The molecule has 1 aliphatic carbocycles. The van der Waals surface area contributed by atoms with E-state index in [1.165, 1.54) is 11.3 Å². The van der Waals surface area contributed by atoms with E-state index in [1.807, 2.05) is 0 Å². The highest BCUT2D eigenvalue weighted by molar-refractivity contribution is 7.13. The molecule has 2 aromatic rings. The first kappa shape index (κ1) is 18.5. The lowest BCUT2D eigenvalue weighted by molar-refractivity contribution is -0.118. The third-order valence-electron chi connectivity index (χ3n) is 4.41. The minimum Gasteiger partial charge on any atom is -0.301 e. The zero-order chi connectivity index (χ0) is 18.0. The van der Waals surface area contributed by atoms with Crippen molar-refractivity contribution >= 4 is 45.6 Å². The van der Waals surface area contributed by atoms with Gasteiger partial charge in [-0.25, -0.2) is 13.8 Å². The number of hydrogen-bond donors (Lipinski definition) is 1. The third-order valence-corrected chi connectivity index (χ3v) is 5.93. The first-order valence-corrected chi connectivity index (χ1v) is 9.51. The van der Waals surface area contributed by atoms with Crippen LogP contribution < -0.4 is 5.32 Å². The largest absolute Gasteiger partial charge is 0.301 e. The van der Waals surface area contributed by atoms with E-state index >= 15 is 0 Å². The van der Waals surface area contributed by atoms with Crippen molar-refractivity contribution in [1.29, 1.82) is 0 Å². The van der Waals surface area contributed by atoms with E-state index in [9.17, 15) is 13.6 Å². The van der Waals surface area contributed by atoms with E-state index < -0.39 is 11.8 Å². The molecule has 0 radical (unpaired) electrons. The second kappa shape index (κ2) is 7.56. The Morgan fingerprint density at radius 2 is 2.24 bits per heavy atom. The summed E-state index contributed by atoms with van der Waals surface area (Å²) in [4.78, 5) is 16.8. The third kappa shape index (κ3) is 4.49. The quantitative estimate of drug-likeness (QED) is 0.663. The highest BCUT2D eigenvalue weighted by Crippen LogP contribution is 2.44. The number of amides is 1. The van der Waals surface area contributed by atoms with Gasteiger partial charge in [-0.1, -0.05) is 35.3 Å². The molecule has 1 aliphatic rings. The van der Waals surface area contributed by atoms with E-state index in [4.69, 9.17) is 23.2 Å². The number of rotatable bonds is 5. The Kier molecular flexibility index (Phi) is 5.61. The number of aromatic nitrogens is 1. The van der Waals surface area contributed by atoms with Crippen molar-refractivity contribution in [3.63, 3.8) is 0 Å². The molecule has 8 heteroatoms. The summed E-state index contributed by atoms with van der Waals surface area (Å²) in [5.41, 5.74) is 0.554. The number of carbonyl (C=O) groups excluding carboxylic acids is 1. The normalized spacial score (nSPS) is 20.4. The van der Waals surface area contributed by atoms with Crippen molar-refractivity contribution in [3.05, 3.63) is 45.4 Å².